The minimum absolute atomic E-state index is 0.00792. The molecule has 2 fully saturated rings. The topological polar surface area (TPSA) is 85.1 Å². The summed E-state index contributed by atoms with van der Waals surface area (Å²) in [4.78, 5) is 26.0. The summed E-state index contributed by atoms with van der Waals surface area (Å²) in [7, 11) is 0. The Kier molecular flexibility index (Phi) is 2.93. The van der Waals surface area contributed by atoms with Crippen LogP contribution in [0.25, 0.3) is 0 Å². The summed E-state index contributed by atoms with van der Waals surface area (Å²) in [6.07, 6.45) is 5.71. The second-order valence-electron chi connectivity index (χ2n) is 5.43. The van der Waals surface area contributed by atoms with Crippen LogP contribution < -0.4 is 5.32 Å². The summed E-state index contributed by atoms with van der Waals surface area (Å²) in [6.45, 7) is 0. The summed E-state index contributed by atoms with van der Waals surface area (Å²) in [5.74, 6) is 1.72. The molecule has 0 saturated heterocycles. The van der Waals surface area contributed by atoms with E-state index >= 15 is 0 Å². The predicted octanol–water partition coefficient (Wildman–Crippen LogP) is 2.36. The molecule has 2 bridgehead atoms. The lowest BCUT2D eigenvalue weighted by Crippen LogP contribution is -2.27. The Morgan fingerprint density at radius 1 is 1.37 bits per heavy atom. The van der Waals surface area contributed by atoms with E-state index in [2.05, 4.69) is 10.3 Å². The van der Waals surface area contributed by atoms with Gasteiger partial charge in [0.05, 0.1) is 4.92 Å². The maximum absolute atomic E-state index is 12.1. The summed E-state index contributed by atoms with van der Waals surface area (Å²) in [6, 6.07) is 2.83. The molecule has 0 aromatic carbocycles. The zero-order valence-electron chi connectivity index (χ0n) is 10.4. The number of carbonyl (C=O) groups is 1. The van der Waals surface area contributed by atoms with Gasteiger partial charge in [-0.3, -0.25) is 14.9 Å². The smallest absolute Gasteiger partial charge is 0.287 e. The van der Waals surface area contributed by atoms with Gasteiger partial charge in [-0.15, -0.1) is 0 Å². The van der Waals surface area contributed by atoms with E-state index in [1.807, 2.05) is 0 Å². The van der Waals surface area contributed by atoms with Crippen molar-refractivity contribution in [2.24, 2.45) is 17.8 Å². The van der Waals surface area contributed by atoms with Crippen LogP contribution in [0.15, 0.2) is 18.3 Å². The fourth-order valence-corrected chi connectivity index (χ4v) is 3.35. The van der Waals surface area contributed by atoms with Gasteiger partial charge in [-0.25, -0.2) is 4.98 Å². The molecule has 3 atom stereocenters. The molecule has 6 heteroatoms. The molecule has 1 heterocycles. The van der Waals surface area contributed by atoms with Crippen LogP contribution in [0, 0.1) is 27.9 Å². The third-order valence-electron chi connectivity index (χ3n) is 4.28. The average molecular weight is 261 g/mol. The zero-order chi connectivity index (χ0) is 13.4. The van der Waals surface area contributed by atoms with Crippen LogP contribution in [0.1, 0.15) is 25.7 Å². The van der Waals surface area contributed by atoms with Gasteiger partial charge in [0, 0.05) is 12.0 Å². The molecule has 1 amide bonds. The van der Waals surface area contributed by atoms with Crippen LogP contribution in [-0.2, 0) is 4.79 Å². The Bertz CT molecular complexity index is 514. The van der Waals surface area contributed by atoms with Crippen LogP contribution in [0.5, 0.6) is 0 Å². The van der Waals surface area contributed by atoms with Crippen LogP contribution >= 0.6 is 0 Å². The van der Waals surface area contributed by atoms with Crippen molar-refractivity contribution < 1.29 is 9.72 Å². The van der Waals surface area contributed by atoms with Gasteiger partial charge in [0.15, 0.2) is 0 Å². The molecule has 19 heavy (non-hydrogen) atoms. The monoisotopic (exact) mass is 261 g/mol. The number of hydrogen-bond acceptors (Lipinski definition) is 4. The Hall–Kier alpha value is -1.98. The Balaban J connectivity index is 1.64. The van der Waals surface area contributed by atoms with Crippen molar-refractivity contribution in [1.29, 1.82) is 0 Å². The number of carbonyl (C=O) groups excluding carboxylic acids is 1. The second-order valence-corrected chi connectivity index (χ2v) is 5.43. The molecule has 2 saturated carbocycles. The molecule has 0 aliphatic heterocycles. The first-order valence-corrected chi connectivity index (χ1v) is 6.55. The molecule has 6 nitrogen and oxygen atoms in total. The number of anilines is 1. The van der Waals surface area contributed by atoms with Crippen LogP contribution in [0.2, 0.25) is 0 Å². The molecule has 3 rings (SSSR count). The number of fused-ring (bicyclic) bond motifs is 2. The maximum Gasteiger partial charge on any atom is 0.287 e. The van der Waals surface area contributed by atoms with Gasteiger partial charge in [0.1, 0.15) is 12.0 Å². The number of pyridine rings is 1. The van der Waals surface area contributed by atoms with E-state index in [9.17, 15) is 14.9 Å². The van der Waals surface area contributed by atoms with Gasteiger partial charge in [-0.05, 0) is 37.2 Å². The number of hydrogen-bond donors (Lipinski definition) is 1. The molecule has 1 aromatic heterocycles. The molecule has 2 aliphatic carbocycles. The summed E-state index contributed by atoms with van der Waals surface area (Å²) in [5, 5.41) is 13.3. The maximum atomic E-state index is 12.1. The van der Waals surface area contributed by atoms with E-state index in [0.29, 0.717) is 17.7 Å². The quantitative estimate of drug-likeness (QED) is 0.668. The van der Waals surface area contributed by atoms with Gasteiger partial charge in [-0.2, -0.15) is 0 Å². The summed E-state index contributed by atoms with van der Waals surface area (Å²) in [5.41, 5.74) is -0.0714. The lowest BCUT2D eigenvalue weighted by molar-refractivity contribution is -0.385. The first-order chi connectivity index (χ1) is 9.13. The van der Waals surface area contributed by atoms with Crippen molar-refractivity contribution in [3.05, 3.63) is 28.4 Å². The van der Waals surface area contributed by atoms with E-state index in [1.165, 1.54) is 25.0 Å². The van der Waals surface area contributed by atoms with E-state index in [0.717, 1.165) is 19.0 Å². The lowest BCUT2D eigenvalue weighted by Gasteiger charge is -2.20. The summed E-state index contributed by atoms with van der Waals surface area (Å²) < 4.78 is 0. The predicted molar refractivity (Wildman–Crippen MR) is 68.5 cm³/mol. The molecular formula is C13H15N3O3. The Morgan fingerprint density at radius 2 is 2.21 bits per heavy atom. The van der Waals surface area contributed by atoms with Crippen molar-refractivity contribution in [3.8, 4) is 0 Å². The largest absolute Gasteiger partial charge is 0.310 e. The Labute approximate surface area is 110 Å². The number of rotatable bonds is 3. The highest BCUT2D eigenvalue weighted by Crippen LogP contribution is 2.48. The fourth-order valence-electron chi connectivity index (χ4n) is 3.35. The SMILES string of the molecule is O=C(Nc1ccc([N+](=O)[O-])cn1)[C@@H]1C[C@H]2CC[C@@H]1C2. The normalized spacial score (nSPS) is 28.3. The number of nitro groups is 1. The lowest BCUT2D eigenvalue weighted by atomic mass is 9.88. The van der Waals surface area contributed by atoms with Gasteiger partial charge in [-0.1, -0.05) is 6.42 Å². The van der Waals surface area contributed by atoms with E-state index in [-0.39, 0.29) is 17.5 Å². The molecule has 0 radical (unpaired) electrons. The van der Waals surface area contributed by atoms with Crippen molar-refractivity contribution in [2.75, 3.05) is 5.32 Å². The van der Waals surface area contributed by atoms with Gasteiger partial charge < -0.3 is 5.32 Å². The molecular weight excluding hydrogens is 246 g/mol. The molecule has 0 spiro atoms. The first-order valence-electron chi connectivity index (χ1n) is 6.55. The highest BCUT2D eigenvalue weighted by molar-refractivity contribution is 5.92. The van der Waals surface area contributed by atoms with Gasteiger partial charge >= 0.3 is 0 Å². The third-order valence-corrected chi connectivity index (χ3v) is 4.28. The molecule has 0 unspecified atom stereocenters. The van der Waals surface area contributed by atoms with E-state index < -0.39 is 4.92 Å². The fraction of sp³-hybridized carbons (Fsp3) is 0.538. The van der Waals surface area contributed by atoms with Crippen molar-refractivity contribution >= 4 is 17.4 Å². The molecule has 1 N–H and O–H groups in total. The molecule has 1 aromatic rings. The summed E-state index contributed by atoms with van der Waals surface area (Å²) >= 11 is 0. The zero-order valence-corrected chi connectivity index (χ0v) is 10.4. The van der Waals surface area contributed by atoms with Gasteiger partial charge in [0.2, 0.25) is 5.91 Å². The van der Waals surface area contributed by atoms with Gasteiger partial charge in [0.25, 0.3) is 5.69 Å². The first kappa shape index (κ1) is 12.1. The van der Waals surface area contributed by atoms with E-state index in [4.69, 9.17) is 0 Å². The van der Waals surface area contributed by atoms with Crippen LogP contribution in [0.3, 0.4) is 0 Å². The number of amides is 1. The third kappa shape index (κ3) is 2.30. The standard InChI is InChI=1S/C13H15N3O3/c17-13(11-6-8-1-2-9(11)5-8)15-12-4-3-10(7-14-12)16(18)19/h3-4,7-9,11H,1-2,5-6H2,(H,14,15,17)/t8-,9+,11+/m0/s1. The van der Waals surface area contributed by atoms with E-state index in [1.54, 1.807) is 0 Å². The van der Waals surface area contributed by atoms with Crippen molar-refractivity contribution in [1.82, 2.24) is 4.98 Å². The van der Waals surface area contributed by atoms with Crippen molar-refractivity contribution in [2.45, 2.75) is 25.7 Å². The number of nitrogens with one attached hydrogen (secondary N) is 1. The van der Waals surface area contributed by atoms with Crippen molar-refractivity contribution in [3.63, 3.8) is 0 Å². The highest BCUT2D eigenvalue weighted by Gasteiger charge is 2.43. The second kappa shape index (κ2) is 4.60. The van der Waals surface area contributed by atoms with Crippen LogP contribution in [-0.4, -0.2) is 15.8 Å². The van der Waals surface area contributed by atoms with Crippen LogP contribution in [0.4, 0.5) is 11.5 Å². The number of nitrogens with zero attached hydrogens (tertiary/aromatic N) is 2. The highest BCUT2D eigenvalue weighted by atomic mass is 16.6. The minimum atomic E-state index is -0.505. The Morgan fingerprint density at radius 3 is 2.74 bits per heavy atom. The minimum Gasteiger partial charge on any atom is -0.310 e. The molecule has 2 aliphatic rings. The number of aromatic nitrogens is 1. The molecule has 100 valence electrons. The average Bonchev–Trinajstić information content (AvgIpc) is 3.01.